The molecule has 2 aromatic rings. The highest BCUT2D eigenvalue weighted by Gasteiger charge is 2.32. The van der Waals surface area contributed by atoms with Crippen LogP contribution in [0.3, 0.4) is 0 Å². The van der Waals surface area contributed by atoms with Gasteiger partial charge in [0.05, 0.1) is 25.4 Å². The molecule has 0 radical (unpaired) electrons. The maximum atomic E-state index is 2.26. The quantitative estimate of drug-likeness (QED) is 0.360. The van der Waals surface area contributed by atoms with Gasteiger partial charge in [0, 0.05) is 11.1 Å². The van der Waals surface area contributed by atoms with Gasteiger partial charge in [-0.25, -0.2) is 0 Å². The molecule has 0 fully saturated rings. The van der Waals surface area contributed by atoms with Crippen molar-refractivity contribution in [1.29, 1.82) is 0 Å². The number of hydrogen-bond donors (Lipinski definition) is 0. The summed E-state index contributed by atoms with van der Waals surface area (Å²) in [6.45, 7) is 0. The van der Waals surface area contributed by atoms with E-state index in [0.29, 0.717) is 0 Å². The molecule has 0 saturated carbocycles. The smallest absolute Gasteiger partial charge is 0.0705 e. The van der Waals surface area contributed by atoms with E-state index < -0.39 is 0 Å². The minimum atomic E-state index is 1.28. The fourth-order valence-corrected chi connectivity index (χ4v) is 14.0. The van der Waals surface area contributed by atoms with Crippen molar-refractivity contribution < 1.29 is 0 Å². The minimum absolute atomic E-state index is 1.28. The van der Waals surface area contributed by atoms with E-state index in [1.807, 2.05) is 94.1 Å². The fourth-order valence-electron chi connectivity index (χ4n) is 3.33. The molecule has 0 atom stereocenters. The SMILES string of the molecule is C1=CSC2=C(S1)SC(=C(C(=C1SC3=C(SC=CS3)S1)c1ccccc1)c1ccccc1)S2. The summed E-state index contributed by atoms with van der Waals surface area (Å²) in [5, 5.41) is 8.78. The van der Waals surface area contributed by atoms with Gasteiger partial charge in [0.1, 0.15) is 0 Å². The average molecular weight is 559 g/mol. The minimum Gasteiger partial charge on any atom is -0.0884 e. The van der Waals surface area contributed by atoms with Crippen LogP contribution in [0, 0.1) is 0 Å². The first kappa shape index (κ1) is 22.2. The Morgan fingerprint density at radius 1 is 0.406 bits per heavy atom. The number of benzene rings is 2. The van der Waals surface area contributed by atoms with Gasteiger partial charge in [-0.3, -0.25) is 0 Å². The van der Waals surface area contributed by atoms with Crippen molar-refractivity contribution in [2.45, 2.75) is 0 Å². The number of allylic oxidation sites excluding steroid dienone is 2. The Morgan fingerprint density at radius 3 is 1.03 bits per heavy atom. The van der Waals surface area contributed by atoms with Gasteiger partial charge in [-0.1, -0.05) is 155 Å². The normalized spacial score (nSPS) is 19.5. The zero-order chi connectivity index (χ0) is 21.3. The molecule has 0 N–H and O–H groups in total. The van der Waals surface area contributed by atoms with Crippen LogP contribution in [0.1, 0.15) is 11.1 Å². The summed E-state index contributed by atoms with van der Waals surface area (Å²) in [7, 11) is 0. The molecule has 0 nitrogen and oxygen atoms in total. The molecule has 0 bridgehead atoms. The first-order chi connectivity index (χ1) is 15.9. The van der Waals surface area contributed by atoms with Gasteiger partial charge >= 0.3 is 0 Å². The lowest BCUT2D eigenvalue weighted by Gasteiger charge is -2.18. The van der Waals surface area contributed by atoms with E-state index in [2.05, 4.69) is 82.3 Å². The molecule has 0 amide bonds. The summed E-state index contributed by atoms with van der Waals surface area (Å²) in [4.78, 5) is 0. The summed E-state index contributed by atoms with van der Waals surface area (Å²) in [6, 6.07) is 21.8. The lowest BCUT2D eigenvalue weighted by Crippen LogP contribution is -1.94. The van der Waals surface area contributed by atoms with Crippen LogP contribution >= 0.6 is 94.1 Å². The van der Waals surface area contributed by atoms with Crippen molar-refractivity contribution in [3.05, 3.63) is 119 Å². The van der Waals surface area contributed by atoms with E-state index in [-0.39, 0.29) is 0 Å². The van der Waals surface area contributed by atoms with Crippen LogP contribution in [0.15, 0.2) is 108 Å². The van der Waals surface area contributed by atoms with Crippen molar-refractivity contribution >= 4 is 105 Å². The first-order valence-electron chi connectivity index (χ1n) is 9.63. The largest absolute Gasteiger partial charge is 0.0884 e. The van der Waals surface area contributed by atoms with E-state index in [1.165, 1.54) is 47.7 Å². The average Bonchev–Trinajstić information content (AvgIpc) is 3.47. The molecule has 4 aliphatic rings. The summed E-state index contributed by atoms with van der Waals surface area (Å²) in [5.41, 5.74) is 5.25. The molecule has 32 heavy (non-hydrogen) atoms. The third-order valence-electron chi connectivity index (χ3n) is 4.67. The van der Waals surface area contributed by atoms with Crippen LogP contribution < -0.4 is 0 Å². The van der Waals surface area contributed by atoms with Crippen molar-refractivity contribution in [1.82, 2.24) is 0 Å². The molecule has 0 spiro atoms. The monoisotopic (exact) mass is 558 g/mol. The third-order valence-corrected chi connectivity index (χ3v) is 15.1. The standard InChI is InChI=1S/C24H14S8/c1-3-7-15(8-4-1)17(19-29-21-22(30-19)26-12-11-25-21)18(16-9-5-2-6-10-16)20-31-23-24(32-20)28-14-13-27-23/h1-14H. The molecule has 158 valence electrons. The number of rotatable bonds is 3. The molecular weight excluding hydrogens is 545 g/mol. The summed E-state index contributed by atoms with van der Waals surface area (Å²) in [5.74, 6) is 0. The third kappa shape index (κ3) is 4.50. The van der Waals surface area contributed by atoms with Gasteiger partial charge in [0.25, 0.3) is 0 Å². The Balaban J connectivity index is 1.53. The zero-order valence-corrected chi connectivity index (χ0v) is 22.9. The topological polar surface area (TPSA) is 0 Å². The lowest BCUT2D eigenvalue weighted by atomic mass is 9.95. The molecule has 0 unspecified atom stereocenters. The van der Waals surface area contributed by atoms with Gasteiger partial charge in [-0.15, -0.1) is 0 Å². The van der Waals surface area contributed by atoms with Gasteiger partial charge in [-0.2, -0.15) is 0 Å². The van der Waals surface area contributed by atoms with Crippen LogP contribution in [-0.4, -0.2) is 0 Å². The van der Waals surface area contributed by atoms with E-state index >= 15 is 0 Å². The molecule has 8 heteroatoms. The van der Waals surface area contributed by atoms with Crippen LogP contribution in [0.5, 0.6) is 0 Å². The highest BCUT2D eigenvalue weighted by molar-refractivity contribution is 8.43. The maximum absolute atomic E-state index is 2.26. The van der Waals surface area contributed by atoms with Crippen LogP contribution in [-0.2, 0) is 0 Å². The van der Waals surface area contributed by atoms with Crippen LogP contribution in [0.4, 0.5) is 0 Å². The molecule has 4 heterocycles. The van der Waals surface area contributed by atoms with Gasteiger partial charge < -0.3 is 0 Å². The highest BCUT2D eigenvalue weighted by Crippen LogP contribution is 2.66. The molecule has 0 aliphatic carbocycles. The highest BCUT2D eigenvalue weighted by atomic mass is 32.3. The fraction of sp³-hybridized carbons (Fsp3) is 0. The molecule has 4 aliphatic heterocycles. The molecule has 0 saturated heterocycles. The lowest BCUT2D eigenvalue weighted by molar-refractivity contribution is 1.59. The summed E-state index contributed by atoms with van der Waals surface area (Å²) in [6.07, 6.45) is 0. The van der Waals surface area contributed by atoms with Gasteiger partial charge in [0.15, 0.2) is 0 Å². The molecular formula is C24H14S8. The van der Waals surface area contributed by atoms with Crippen molar-refractivity contribution in [3.8, 4) is 0 Å². The van der Waals surface area contributed by atoms with E-state index in [1.54, 1.807) is 0 Å². The number of hydrogen-bond acceptors (Lipinski definition) is 8. The van der Waals surface area contributed by atoms with E-state index in [9.17, 15) is 0 Å². The second kappa shape index (κ2) is 10.1. The maximum Gasteiger partial charge on any atom is 0.0705 e. The zero-order valence-electron chi connectivity index (χ0n) is 16.3. The van der Waals surface area contributed by atoms with Crippen molar-refractivity contribution in [3.63, 3.8) is 0 Å². The predicted molar refractivity (Wildman–Crippen MR) is 160 cm³/mol. The van der Waals surface area contributed by atoms with E-state index in [4.69, 9.17) is 0 Å². The Kier molecular flexibility index (Phi) is 7.01. The Hall–Kier alpha value is -0.320. The summed E-state index contributed by atoms with van der Waals surface area (Å²) >= 11 is 15.1. The summed E-state index contributed by atoms with van der Waals surface area (Å²) < 4.78 is 8.37. The van der Waals surface area contributed by atoms with Crippen molar-refractivity contribution in [2.75, 3.05) is 0 Å². The second-order valence-electron chi connectivity index (χ2n) is 6.63. The Bertz CT molecular complexity index is 1110. The Morgan fingerprint density at radius 2 is 0.719 bits per heavy atom. The van der Waals surface area contributed by atoms with Crippen LogP contribution in [0.25, 0.3) is 11.1 Å². The molecule has 0 aromatic heterocycles. The molecule has 2 aromatic carbocycles. The van der Waals surface area contributed by atoms with Crippen molar-refractivity contribution in [2.24, 2.45) is 0 Å². The predicted octanol–water partition coefficient (Wildman–Crippen LogP) is 10.8. The van der Waals surface area contributed by atoms with Crippen LogP contribution in [0.2, 0.25) is 0 Å². The number of thioether (sulfide) groups is 8. The van der Waals surface area contributed by atoms with E-state index in [0.717, 1.165) is 0 Å². The second-order valence-corrected chi connectivity index (χ2v) is 15.9. The molecule has 6 rings (SSSR count). The van der Waals surface area contributed by atoms with Gasteiger partial charge in [0.2, 0.25) is 0 Å². The Labute approximate surface area is 222 Å². The van der Waals surface area contributed by atoms with Gasteiger partial charge in [-0.05, 0) is 32.8 Å². The first-order valence-corrected chi connectivity index (χ1v) is 16.4.